The maximum absolute atomic E-state index is 13.7. The molecule has 1 aromatic heterocycles. The van der Waals surface area contributed by atoms with E-state index in [0.717, 1.165) is 36.8 Å². The standard InChI is InChI=1S/C28H36ClN3O5/c1-15-13-21(35-6)20(26(33)30-15)14-32-12-11-19-22(27(32)34)16(2)24-25(23(19)29)37-28(3,36-24)17-7-9-18(10-8-17)31(4)5/h13,17-18H,7-12,14H2,1-6H3,(H,30,33)/t17-,18-,28?. The molecule has 8 nitrogen and oxygen atoms in total. The normalized spacial score (nSPS) is 25.0. The molecule has 1 unspecified atom stereocenters. The second kappa shape index (κ2) is 9.55. The van der Waals surface area contributed by atoms with Crippen molar-refractivity contribution < 1.29 is 19.0 Å². The fourth-order valence-corrected chi connectivity index (χ4v) is 6.48. The van der Waals surface area contributed by atoms with Gasteiger partial charge in [0.25, 0.3) is 17.3 Å². The van der Waals surface area contributed by atoms with Gasteiger partial charge in [-0.05, 0) is 71.7 Å². The number of H-pyrrole nitrogens is 1. The lowest BCUT2D eigenvalue weighted by atomic mass is 9.81. The van der Waals surface area contributed by atoms with Crippen LogP contribution < -0.4 is 19.8 Å². The van der Waals surface area contributed by atoms with Crippen LogP contribution in [0.15, 0.2) is 10.9 Å². The van der Waals surface area contributed by atoms with Crippen LogP contribution in [0.2, 0.25) is 5.02 Å². The van der Waals surface area contributed by atoms with Gasteiger partial charge in [0.2, 0.25) is 0 Å². The molecule has 3 heterocycles. The smallest absolute Gasteiger partial charge is 0.256 e. The summed E-state index contributed by atoms with van der Waals surface area (Å²) < 4.78 is 18.4. The minimum atomic E-state index is -0.816. The van der Waals surface area contributed by atoms with Crippen molar-refractivity contribution >= 4 is 17.5 Å². The van der Waals surface area contributed by atoms with Gasteiger partial charge >= 0.3 is 0 Å². The maximum atomic E-state index is 13.7. The third kappa shape index (κ3) is 4.38. The van der Waals surface area contributed by atoms with Crippen LogP contribution in [0.1, 0.15) is 65.3 Å². The van der Waals surface area contributed by atoms with E-state index in [4.69, 9.17) is 25.8 Å². The second-order valence-corrected chi connectivity index (χ2v) is 11.3. The summed E-state index contributed by atoms with van der Waals surface area (Å²) in [5.41, 5.74) is 2.94. The van der Waals surface area contributed by atoms with Crippen LogP contribution in [0.25, 0.3) is 0 Å². The zero-order valence-electron chi connectivity index (χ0n) is 22.5. The number of hydrogen-bond acceptors (Lipinski definition) is 6. The molecule has 1 N–H and O–H groups in total. The molecule has 1 aliphatic carbocycles. The Bertz CT molecular complexity index is 1300. The SMILES string of the molecule is COc1cc(C)[nH]c(=O)c1CN1CCc2c(Cl)c3c(c(C)c2C1=O)OC(C)([C@H]1CC[C@H](N(C)C)CC1)O3. The number of pyridine rings is 1. The number of hydrogen-bond donors (Lipinski definition) is 1. The molecule has 3 aliphatic rings. The van der Waals surface area contributed by atoms with Crippen LogP contribution in [0.3, 0.4) is 0 Å². The molecule has 1 fully saturated rings. The number of methoxy groups -OCH3 is 1. The van der Waals surface area contributed by atoms with E-state index < -0.39 is 5.79 Å². The van der Waals surface area contributed by atoms with Gasteiger partial charge in [0.05, 0.1) is 29.8 Å². The van der Waals surface area contributed by atoms with Gasteiger partial charge in [0.1, 0.15) is 5.75 Å². The number of nitrogens with one attached hydrogen (secondary N) is 1. The van der Waals surface area contributed by atoms with E-state index in [9.17, 15) is 9.59 Å². The Labute approximate surface area is 222 Å². The van der Waals surface area contributed by atoms with Gasteiger partial charge in [-0.25, -0.2) is 0 Å². The first kappa shape index (κ1) is 25.9. The van der Waals surface area contributed by atoms with Crippen LogP contribution in [0, 0.1) is 19.8 Å². The predicted octanol–water partition coefficient (Wildman–Crippen LogP) is 4.46. The molecule has 0 spiro atoms. The van der Waals surface area contributed by atoms with Crippen molar-refractivity contribution in [1.29, 1.82) is 0 Å². The molecule has 1 saturated carbocycles. The molecular formula is C28H36ClN3O5. The summed E-state index contributed by atoms with van der Waals surface area (Å²) in [5, 5.41) is 0.458. The second-order valence-electron chi connectivity index (χ2n) is 10.9. The van der Waals surface area contributed by atoms with E-state index in [-0.39, 0.29) is 23.9 Å². The molecule has 0 bridgehead atoms. The van der Waals surface area contributed by atoms with Crippen molar-refractivity contribution in [3.05, 3.63) is 49.4 Å². The lowest BCUT2D eigenvalue weighted by molar-refractivity contribution is -0.123. The van der Waals surface area contributed by atoms with Crippen molar-refractivity contribution in [3.8, 4) is 17.2 Å². The maximum Gasteiger partial charge on any atom is 0.256 e. The number of carbonyl (C=O) groups is 1. The number of benzene rings is 1. The average molecular weight is 530 g/mol. The first-order valence-corrected chi connectivity index (χ1v) is 13.4. The first-order valence-electron chi connectivity index (χ1n) is 13.0. The Hall–Kier alpha value is -2.71. The van der Waals surface area contributed by atoms with Gasteiger partial charge in [0, 0.05) is 36.7 Å². The highest BCUT2D eigenvalue weighted by Gasteiger charge is 2.48. The van der Waals surface area contributed by atoms with Crippen molar-refractivity contribution in [1.82, 2.24) is 14.8 Å². The third-order valence-electron chi connectivity index (χ3n) is 8.40. The fourth-order valence-electron chi connectivity index (χ4n) is 6.17. The van der Waals surface area contributed by atoms with Crippen molar-refractivity contribution in [2.75, 3.05) is 27.7 Å². The Kier molecular flexibility index (Phi) is 6.69. The molecule has 1 amide bonds. The van der Waals surface area contributed by atoms with Crippen LogP contribution in [0.4, 0.5) is 0 Å². The zero-order valence-corrected chi connectivity index (χ0v) is 23.3. The van der Waals surface area contributed by atoms with Crippen LogP contribution >= 0.6 is 11.6 Å². The number of rotatable bonds is 5. The fraction of sp³-hybridized carbons (Fsp3) is 0.571. The number of aromatic nitrogens is 1. The van der Waals surface area contributed by atoms with E-state index in [1.54, 1.807) is 17.9 Å². The number of aryl methyl sites for hydroxylation is 1. The highest BCUT2D eigenvalue weighted by molar-refractivity contribution is 6.34. The first-order chi connectivity index (χ1) is 17.5. The Morgan fingerprint density at radius 2 is 1.84 bits per heavy atom. The summed E-state index contributed by atoms with van der Waals surface area (Å²) >= 11 is 6.88. The minimum absolute atomic E-state index is 0.148. The van der Waals surface area contributed by atoms with E-state index in [0.29, 0.717) is 58.1 Å². The van der Waals surface area contributed by atoms with Crippen LogP contribution in [-0.4, -0.2) is 60.3 Å². The molecule has 2 aromatic rings. The summed E-state index contributed by atoms with van der Waals surface area (Å²) in [4.78, 5) is 33.2. The Morgan fingerprint density at radius 1 is 1.16 bits per heavy atom. The zero-order chi connectivity index (χ0) is 26.6. The van der Waals surface area contributed by atoms with E-state index in [1.165, 1.54) is 7.11 Å². The number of halogens is 1. The van der Waals surface area contributed by atoms with Gasteiger partial charge in [-0.1, -0.05) is 11.6 Å². The van der Waals surface area contributed by atoms with Crippen molar-refractivity contribution in [3.63, 3.8) is 0 Å². The number of fused-ring (bicyclic) bond motifs is 2. The molecule has 2 aliphatic heterocycles. The molecule has 5 rings (SSSR count). The Balaban J connectivity index is 1.43. The number of amides is 1. The average Bonchev–Trinajstić information content (AvgIpc) is 3.24. The van der Waals surface area contributed by atoms with Crippen LogP contribution in [0.5, 0.6) is 17.2 Å². The number of nitrogens with zero attached hydrogens (tertiary/aromatic N) is 2. The van der Waals surface area contributed by atoms with Gasteiger partial charge in [-0.2, -0.15) is 0 Å². The predicted molar refractivity (Wildman–Crippen MR) is 142 cm³/mol. The summed E-state index contributed by atoms with van der Waals surface area (Å²) in [6.45, 7) is 6.27. The molecule has 0 saturated heterocycles. The molecule has 9 heteroatoms. The summed E-state index contributed by atoms with van der Waals surface area (Å²) in [5.74, 6) is 0.823. The highest BCUT2D eigenvalue weighted by Crippen LogP contribution is 2.54. The molecular weight excluding hydrogens is 494 g/mol. The number of ether oxygens (including phenoxy) is 3. The lowest BCUT2D eigenvalue weighted by Crippen LogP contribution is -2.46. The molecule has 37 heavy (non-hydrogen) atoms. The number of carbonyl (C=O) groups excluding carboxylic acids is 1. The largest absolute Gasteiger partial charge is 0.496 e. The van der Waals surface area contributed by atoms with Gasteiger partial charge in [-0.3, -0.25) is 9.59 Å². The molecule has 1 aromatic carbocycles. The quantitative estimate of drug-likeness (QED) is 0.615. The minimum Gasteiger partial charge on any atom is -0.496 e. The number of aromatic amines is 1. The lowest BCUT2D eigenvalue weighted by Gasteiger charge is -2.39. The van der Waals surface area contributed by atoms with E-state index >= 15 is 0 Å². The molecule has 1 atom stereocenters. The summed E-state index contributed by atoms with van der Waals surface area (Å²) in [7, 11) is 5.79. The van der Waals surface area contributed by atoms with Gasteiger partial charge in [-0.15, -0.1) is 0 Å². The Morgan fingerprint density at radius 3 is 2.49 bits per heavy atom. The van der Waals surface area contributed by atoms with Crippen LogP contribution in [-0.2, 0) is 13.0 Å². The van der Waals surface area contributed by atoms with Crippen molar-refractivity contribution in [2.24, 2.45) is 5.92 Å². The van der Waals surface area contributed by atoms with Gasteiger partial charge < -0.3 is 29.0 Å². The molecule has 200 valence electrons. The topological polar surface area (TPSA) is 84.1 Å². The van der Waals surface area contributed by atoms with Gasteiger partial charge in [0.15, 0.2) is 11.5 Å². The summed E-state index contributed by atoms with van der Waals surface area (Å²) in [6, 6.07) is 2.34. The van der Waals surface area contributed by atoms with E-state index in [2.05, 4.69) is 24.0 Å². The molecule has 0 radical (unpaired) electrons. The summed E-state index contributed by atoms with van der Waals surface area (Å²) in [6.07, 6.45) is 4.75. The monoisotopic (exact) mass is 529 g/mol. The van der Waals surface area contributed by atoms with E-state index in [1.807, 2.05) is 13.8 Å². The highest BCUT2D eigenvalue weighted by atomic mass is 35.5. The van der Waals surface area contributed by atoms with Crippen molar-refractivity contribution in [2.45, 2.75) is 71.2 Å². The third-order valence-corrected chi connectivity index (χ3v) is 8.80.